The van der Waals surface area contributed by atoms with Crippen LogP contribution in [0, 0.1) is 12.8 Å². The maximum atomic E-state index is 12.7. The van der Waals surface area contributed by atoms with E-state index in [2.05, 4.69) is 27.8 Å². The van der Waals surface area contributed by atoms with Crippen LogP contribution in [-0.2, 0) is 9.59 Å². The molecule has 0 atom stereocenters. The summed E-state index contributed by atoms with van der Waals surface area (Å²) in [6, 6.07) is 1.19. The summed E-state index contributed by atoms with van der Waals surface area (Å²) in [7, 11) is 0. The quantitative estimate of drug-likeness (QED) is 0.727. The number of hydrogen-bond donors (Lipinski definition) is 3. The Balaban J connectivity index is 1.63. The van der Waals surface area contributed by atoms with Crippen LogP contribution in [0.4, 0.5) is 10.6 Å². The molecule has 0 unspecified atom stereocenters. The minimum atomic E-state index is -0.814. The summed E-state index contributed by atoms with van der Waals surface area (Å²) in [6.07, 6.45) is 4.23. The Bertz CT molecular complexity index is 660. The largest absolute Gasteiger partial charge is 0.325 e. The summed E-state index contributed by atoms with van der Waals surface area (Å²) in [5.41, 5.74) is -0.00156. The van der Waals surface area contributed by atoms with Crippen LogP contribution in [0.3, 0.4) is 0 Å². The number of carbonyl (C=O) groups is 3. The average Bonchev–Trinajstić information content (AvgIpc) is 3.05. The molecule has 1 spiro atoms. The van der Waals surface area contributed by atoms with Gasteiger partial charge >= 0.3 is 6.03 Å². The van der Waals surface area contributed by atoms with E-state index in [1.54, 1.807) is 6.07 Å². The summed E-state index contributed by atoms with van der Waals surface area (Å²) in [6.45, 7) is 3.66. The van der Waals surface area contributed by atoms with Crippen LogP contribution in [0.5, 0.6) is 0 Å². The summed E-state index contributed by atoms with van der Waals surface area (Å²) in [5, 5.41) is 12.0. The van der Waals surface area contributed by atoms with E-state index >= 15 is 0 Å². The lowest BCUT2D eigenvalue weighted by molar-refractivity contribution is -0.135. The number of carbonyl (C=O) groups excluding carboxylic acids is 3. The van der Waals surface area contributed by atoms with Gasteiger partial charge < -0.3 is 10.6 Å². The van der Waals surface area contributed by atoms with E-state index in [0.717, 1.165) is 29.9 Å². The van der Waals surface area contributed by atoms with Crippen molar-refractivity contribution >= 4 is 23.7 Å². The van der Waals surface area contributed by atoms with Gasteiger partial charge in [-0.25, -0.2) is 4.79 Å². The third-order valence-electron chi connectivity index (χ3n) is 5.06. The predicted molar refractivity (Wildman–Crippen MR) is 87.2 cm³/mol. The molecule has 3 N–H and O–H groups in total. The molecule has 1 aromatic heterocycles. The minimum absolute atomic E-state index is 0.282. The number of aromatic nitrogens is 2. The number of aromatic amines is 1. The van der Waals surface area contributed by atoms with Crippen LogP contribution in [0.15, 0.2) is 6.07 Å². The summed E-state index contributed by atoms with van der Waals surface area (Å²) >= 11 is 0. The molecule has 1 aliphatic heterocycles. The second-order valence-corrected chi connectivity index (χ2v) is 6.74. The van der Waals surface area contributed by atoms with E-state index in [4.69, 9.17) is 0 Å². The SMILES string of the molecule is CCC1CCC2(CC1)NC(=O)N(CC(=O)Nc1cc(C)[nH]n1)C2=O. The molecule has 1 aromatic rings. The molecule has 4 amide bonds. The van der Waals surface area contributed by atoms with Crippen molar-refractivity contribution in [2.45, 2.75) is 51.5 Å². The van der Waals surface area contributed by atoms with Gasteiger partial charge in [-0.2, -0.15) is 5.10 Å². The molecule has 1 aliphatic carbocycles. The van der Waals surface area contributed by atoms with Crippen molar-refractivity contribution in [3.8, 4) is 0 Å². The molecule has 0 aromatic carbocycles. The van der Waals surface area contributed by atoms with Crippen molar-refractivity contribution in [2.75, 3.05) is 11.9 Å². The molecule has 1 saturated carbocycles. The van der Waals surface area contributed by atoms with Gasteiger partial charge in [-0.15, -0.1) is 0 Å². The standard InChI is InChI=1S/C16H23N5O3/c1-3-11-4-6-16(7-5-11)14(23)21(15(24)18-16)9-13(22)17-12-8-10(2)19-20-12/h8,11H,3-7,9H2,1-2H3,(H,18,24)(H2,17,19,20,22). The highest BCUT2D eigenvalue weighted by Crippen LogP contribution is 2.37. The molecule has 24 heavy (non-hydrogen) atoms. The van der Waals surface area contributed by atoms with Crippen molar-refractivity contribution in [2.24, 2.45) is 5.92 Å². The molecule has 2 fully saturated rings. The minimum Gasteiger partial charge on any atom is -0.323 e. The average molecular weight is 333 g/mol. The first-order valence-corrected chi connectivity index (χ1v) is 8.39. The first-order valence-electron chi connectivity index (χ1n) is 8.39. The van der Waals surface area contributed by atoms with E-state index in [-0.39, 0.29) is 12.5 Å². The van der Waals surface area contributed by atoms with E-state index in [1.165, 1.54) is 0 Å². The van der Waals surface area contributed by atoms with Crippen molar-refractivity contribution < 1.29 is 14.4 Å². The highest BCUT2D eigenvalue weighted by molar-refractivity contribution is 6.10. The highest BCUT2D eigenvalue weighted by atomic mass is 16.2. The molecular weight excluding hydrogens is 310 g/mol. The van der Waals surface area contributed by atoms with Crippen molar-refractivity contribution in [3.05, 3.63) is 11.8 Å². The first kappa shape index (κ1) is 16.5. The molecule has 130 valence electrons. The number of amides is 4. The van der Waals surface area contributed by atoms with Gasteiger partial charge in [0.2, 0.25) is 5.91 Å². The van der Waals surface area contributed by atoms with E-state index in [0.29, 0.717) is 24.6 Å². The van der Waals surface area contributed by atoms with Crippen LogP contribution < -0.4 is 10.6 Å². The van der Waals surface area contributed by atoms with Gasteiger partial charge in [-0.3, -0.25) is 19.6 Å². The molecule has 0 radical (unpaired) electrons. The van der Waals surface area contributed by atoms with Gasteiger partial charge in [0.15, 0.2) is 5.82 Å². The Morgan fingerprint density at radius 2 is 2.12 bits per heavy atom. The monoisotopic (exact) mass is 333 g/mol. The molecule has 2 heterocycles. The van der Waals surface area contributed by atoms with Crippen molar-refractivity contribution in [1.82, 2.24) is 20.4 Å². The maximum Gasteiger partial charge on any atom is 0.325 e. The predicted octanol–water partition coefficient (Wildman–Crippen LogP) is 1.55. The Morgan fingerprint density at radius 3 is 2.71 bits per heavy atom. The van der Waals surface area contributed by atoms with Crippen LogP contribution in [0.25, 0.3) is 0 Å². The fraction of sp³-hybridized carbons (Fsp3) is 0.625. The molecule has 3 rings (SSSR count). The lowest BCUT2D eigenvalue weighted by Gasteiger charge is -2.34. The van der Waals surface area contributed by atoms with Gasteiger partial charge in [0.1, 0.15) is 12.1 Å². The number of anilines is 1. The maximum absolute atomic E-state index is 12.7. The lowest BCUT2D eigenvalue weighted by atomic mass is 9.75. The van der Waals surface area contributed by atoms with Crippen LogP contribution >= 0.6 is 0 Å². The van der Waals surface area contributed by atoms with Gasteiger partial charge in [0.05, 0.1) is 0 Å². The molecule has 0 bridgehead atoms. The number of imide groups is 1. The second kappa shape index (κ2) is 6.26. The fourth-order valence-electron chi connectivity index (χ4n) is 3.55. The molecule has 8 heteroatoms. The molecule has 1 saturated heterocycles. The summed E-state index contributed by atoms with van der Waals surface area (Å²) in [5.74, 6) is 0.267. The Labute approximate surface area is 140 Å². The van der Waals surface area contributed by atoms with Gasteiger partial charge in [-0.1, -0.05) is 13.3 Å². The Morgan fingerprint density at radius 1 is 1.42 bits per heavy atom. The first-order chi connectivity index (χ1) is 11.4. The van der Waals surface area contributed by atoms with Gasteiger partial charge in [0, 0.05) is 11.8 Å². The highest BCUT2D eigenvalue weighted by Gasteiger charge is 2.52. The second-order valence-electron chi connectivity index (χ2n) is 6.74. The number of nitrogens with one attached hydrogen (secondary N) is 3. The van der Waals surface area contributed by atoms with Gasteiger partial charge in [0.25, 0.3) is 5.91 Å². The van der Waals surface area contributed by atoms with E-state index in [1.807, 2.05) is 6.92 Å². The Kier molecular flexibility index (Phi) is 4.29. The lowest BCUT2D eigenvalue weighted by Crippen LogP contribution is -2.49. The number of rotatable bonds is 4. The molecular formula is C16H23N5O3. The third kappa shape index (κ3) is 3.00. The van der Waals surface area contributed by atoms with Crippen molar-refractivity contribution in [3.63, 3.8) is 0 Å². The zero-order chi connectivity index (χ0) is 17.3. The van der Waals surface area contributed by atoms with Crippen LogP contribution in [-0.4, -0.2) is 45.0 Å². The van der Waals surface area contributed by atoms with E-state index < -0.39 is 17.5 Å². The number of nitrogens with zero attached hydrogens (tertiary/aromatic N) is 2. The molecule has 8 nitrogen and oxygen atoms in total. The normalized spacial score (nSPS) is 26.8. The molecule has 2 aliphatic rings. The summed E-state index contributed by atoms with van der Waals surface area (Å²) < 4.78 is 0. The van der Waals surface area contributed by atoms with Crippen LogP contribution in [0.1, 0.15) is 44.7 Å². The van der Waals surface area contributed by atoms with Crippen LogP contribution in [0.2, 0.25) is 0 Å². The summed E-state index contributed by atoms with van der Waals surface area (Å²) in [4.78, 5) is 38.0. The number of H-pyrrole nitrogens is 1. The zero-order valence-electron chi connectivity index (χ0n) is 14.0. The third-order valence-corrected chi connectivity index (χ3v) is 5.06. The number of hydrogen-bond acceptors (Lipinski definition) is 4. The smallest absolute Gasteiger partial charge is 0.323 e. The van der Waals surface area contributed by atoms with Crippen molar-refractivity contribution in [1.29, 1.82) is 0 Å². The Hall–Kier alpha value is -2.38. The van der Waals surface area contributed by atoms with E-state index in [9.17, 15) is 14.4 Å². The topological polar surface area (TPSA) is 107 Å². The zero-order valence-corrected chi connectivity index (χ0v) is 14.0. The number of urea groups is 1. The fourth-order valence-corrected chi connectivity index (χ4v) is 3.55. The number of aryl methyl sites for hydroxylation is 1. The van der Waals surface area contributed by atoms with Gasteiger partial charge in [-0.05, 0) is 38.5 Å².